The molecule has 28 heterocycles. The van der Waals surface area contributed by atoms with Gasteiger partial charge in [0.15, 0.2) is 42.7 Å². The Kier molecular flexibility index (Phi) is 8.18. The Morgan fingerprint density at radius 2 is 0.473 bits per heavy atom. The van der Waals surface area contributed by atoms with Gasteiger partial charge >= 0.3 is 67.5 Å². The lowest BCUT2D eigenvalue weighted by molar-refractivity contribution is -1.29. The zero-order chi connectivity index (χ0) is 71.7. The van der Waals surface area contributed by atoms with Crippen LogP contribution in [0.2, 0.25) is 0 Å². The van der Waals surface area contributed by atoms with Crippen LogP contribution in [-0.4, -0.2) is 19.9 Å². The maximum atomic E-state index is 5.77. The first-order chi connectivity index (χ1) is 55.3. The van der Waals surface area contributed by atoms with Gasteiger partial charge in [0.05, 0.1) is 59.7 Å². The van der Waals surface area contributed by atoms with E-state index in [0.29, 0.717) is 0 Å². The number of nitrogens with zero attached hydrogens (tertiary/aromatic N) is 18. The SMILES string of the molecule is CC12[n+]3ccc4c5c3c(cc[n+]5C35[n+]6cccc7nccc(c76)-c6ccc7ccc8ccc-4[n+]3c8c7[n+]65)-c3ccc4ccc5ccc(-c6cc[n+]7c8c(ccnc68)-c6ccc8ccc9ccc%10[n+]%11c9c8[n+]6C7%11[n+]6ccc7c8c6c-%10cc[n+]8C6(C)[n+]8c(-c9ccnc%10cccnc9%10)ccc9ccc%10ccc-7[n+]6c%10c98)[n+]1c5c4[n+]32. The first-order valence-corrected chi connectivity index (χ1v) is 38.6. The summed E-state index contributed by atoms with van der Waals surface area (Å²) in [6.07, 6.45) is 22.1. The van der Waals surface area contributed by atoms with Crippen molar-refractivity contribution >= 4 is 142 Å². The standard InChI is InChI=1S/C94H52N18/c1-91-99-44-36-64-74-30-22-56-14-12-54-20-28-72-60-33-42-98-76-58(34-46-102(86(60)76)94(110(72)82(54)84(56)112(74)94)104-48-38-62(88(99)90(64)104)69-25-17-51-9-7-49-15-23-67(105(91)77(49)79(51)107(69)91)57-31-40-95-65-5-3-39-97-75(57)65)68-24-16-50-8-10-52-18-26-70-61-37-47-103-89-63(35-45-100(87(61)89)92(2)106(68)78(50)80(52)108(70)92)73-29-21-55-13-11-53-19-27-71-59-32-41-96-66-6-4-43-101(85(59)66)93(103)109(71)81(53)83(55)111(73)93/h3-48H,1-2H3/q+14. The van der Waals surface area contributed by atoms with Gasteiger partial charge in [0, 0.05) is 137 Å². The van der Waals surface area contributed by atoms with Crippen molar-refractivity contribution in [2.75, 3.05) is 0 Å². The second-order valence-electron chi connectivity index (χ2n) is 32.5. The van der Waals surface area contributed by atoms with Crippen LogP contribution in [-0.2, 0) is 23.4 Å². The summed E-state index contributed by atoms with van der Waals surface area (Å²) in [5.41, 5.74) is 37.8. The Balaban J connectivity index is 0.668. The Bertz CT molecular complexity index is 8920. The summed E-state index contributed by atoms with van der Waals surface area (Å²) in [4.78, 5) is 20.8. The number of aromatic nitrogens is 18. The number of fused-ring (bicyclic) bond motifs is 11. The van der Waals surface area contributed by atoms with Crippen molar-refractivity contribution in [1.82, 2.24) is 19.9 Å². The Labute approximate surface area is 630 Å². The van der Waals surface area contributed by atoms with Gasteiger partial charge in [-0.1, -0.05) is 27.4 Å². The molecular weight excluding hydrogens is 1380 g/mol. The zero-order valence-corrected chi connectivity index (χ0v) is 59.6. The predicted molar refractivity (Wildman–Crippen MR) is 409 cm³/mol. The second-order valence-corrected chi connectivity index (χ2v) is 32.5. The summed E-state index contributed by atoms with van der Waals surface area (Å²) in [7, 11) is 0. The van der Waals surface area contributed by atoms with Gasteiger partial charge in [-0.25, -0.2) is 9.97 Å². The normalized spacial score (nSPS) is 19.5. The van der Waals surface area contributed by atoms with E-state index < -0.39 is 23.4 Å². The van der Waals surface area contributed by atoms with Gasteiger partial charge in [0.25, 0.3) is 33.1 Å². The molecule has 18 nitrogen and oxygen atoms in total. The molecule has 10 aliphatic rings. The highest BCUT2D eigenvalue weighted by Gasteiger charge is 2.86. The van der Waals surface area contributed by atoms with Crippen LogP contribution in [0.5, 0.6) is 0 Å². The van der Waals surface area contributed by atoms with E-state index in [9.17, 15) is 0 Å². The van der Waals surface area contributed by atoms with Crippen LogP contribution in [0.25, 0.3) is 232 Å². The first-order valence-electron chi connectivity index (χ1n) is 38.6. The fourth-order valence-electron chi connectivity index (χ4n) is 24.3. The van der Waals surface area contributed by atoms with Crippen molar-refractivity contribution in [2.45, 2.75) is 37.2 Å². The van der Waals surface area contributed by atoms with Crippen LogP contribution in [0.1, 0.15) is 13.8 Å². The van der Waals surface area contributed by atoms with Crippen LogP contribution in [0, 0.1) is 0 Å². The van der Waals surface area contributed by atoms with E-state index in [2.05, 4.69) is 333 Å². The molecule has 0 radical (unpaired) electrons. The molecule has 2 spiro atoms. The van der Waals surface area contributed by atoms with Gasteiger partial charge in [-0.3, -0.25) is 9.97 Å². The minimum Gasteiger partial charge on any atom is -0.255 e. The van der Waals surface area contributed by atoms with E-state index in [0.717, 1.165) is 134 Å². The van der Waals surface area contributed by atoms with Crippen molar-refractivity contribution in [2.24, 2.45) is 0 Å². The lowest BCUT2D eigenvalue weighted by Crippen LogP contribution is -2.98. The molecule has 32 rings (SSSR count). The minimum absolute atomic E-state index is 0.838. The maximum absolute atomic E-state index is 5.77. The minimum atomic E-state index is -1.10. The Hall–Kier alpha value is -15.0. The molecule has 4 aromatic carbocycles. The summed E-state index contributed by atoms with van der Waals surface area (Å²) in [5, 5.41) is 9.45. The summed E-state index contributed by atoms with van der Waals surface area (Å²) >= 11 is 0. The number of benzene rings is 4. The third-order valence-electron chi connectivity index (χ3n) is 28.2. The fraction of sp³-hybridized carbons (Fsp3) is 0.0638. The summed E-state index contributed by atoms with van der Waals surface area (Å²) in [6.45, 7) is 4.88. The largest absolute Gasteiger partial charge is 0.770 e. The van der Waals surface area contributed by atoms with E-state index in [1.807, 2.05) is 24.7 Å². The van der Waals surface area contributed by atoms with Crippen molar-refractivity contribution in [3.63, 3.8) is 0 Å². The molecule has 0 amide bonds. The van der Waals surface area contributed by atoms with Gasteiger partial charge in [-0.05, 0) is 143 Å². The molecule has 18 heteroatoms. The van der Waals surface area contributed by atoms with Crippen molar-refractivity contribution in [3.8, 4) is 90.1 Å². The van der Waals surface area contributed by atoms with E-state index in [1.165, 1.54) is 98.4 Å². The van der Waals surface area contributed by atoms with Gasteiger partial charge in [0.1, 0.15) is 58.3 Å². The van der Waals surface area contributed by atoms with Crippen molar-refractivity contribution in [3.05, 3.63) is 280 Å². The van der Waals surface area contributed by atoms with Crippen LogP contribution < -0.4 is 63.9 Å². The van der Waals surface area contributed by atoms with Gasteiger partial charge in [-0.15, -0.1) is 0 Å². The molecule has 112 heavy (non-hydrogen) atoms. The van der Waals surface area contributed by atoms with E-state index in [1.54, 1.807) is 0 Å². The molecule has 0 saturated carbocycles. The molecule has 18 aromatic heterocycles. The Morgan fingerprint density at radius 3 is 0.902 bits per heavy atom. The quantitative estimate of drug-likeness (QED) is 0.128. The lowest BCUT2D eigenvalue weighted by Gasteiger charge is -2.24. The van der Waals surface area contributed by atoms with E-state index in [4.69, 9.17) is 19.9 Å². The topological polar surface area (TPSA) is 106 Å². The van der Waals surface area contributed by atoms with Crippen LogP contribution in [0.4, 0.5) is 0 Å². The molecule has 10 aliphatic heterocycles. The van der Waals surface area contributed by atoms with Crippen LogP contribution in [0.15, 0.2) is 280 Å². The summed E-state index contributed by atoms with van der Waals surface area (Å²) in [6, 6.07) is 83.1. The average molecular weight is 1430 g/mol. The fourth-order valence-corrected chi connectivity index (χ4v) is 24.3. The molecule has 0 fully saturated rings. The number of hydrogen-bond acceptors (Lipinski definition) is 4. The second kappa shape index (κ2) is 16.8. The maximum Gasteiger partial charge on any atom is 0.770 e. The number of rotatable bonds is 2. The number of pyridine rings is 18. The average Bonchev–Trinajstić information content (AvgIpc) is 1.55. The molecule has 504 valence electrons. The number of hydrogen-bond donors (Lipinski definition) is 0. The Morgan fingerprint density at radius 1 is 0.196 bits per heavy atom. The molecule has 4 atom stereocenters. The third-order valence-corrected chi connectivity index (χ3v) is 28.2. The van der Waals surface area contributed by atoms with Gasteiger partial charge in [-0.2, -0.15) is 0 Å². The molecule has 0 aliphatic carbocycles. The highest BCUT2D eigenvalue weighted by atomic mass is 15.6. The highest BCUT2D eigenvalue weighted by Crippen LogP contribution is 2.49. The van der Waals surface area contributed by atoms with Gasteiger partial charge < -0.3 is 0 Å². The zero-order valence-electron chi connectivity index (χ0n) is 59.6. The van der Waals surface area contributed by atoms with Crippen molar-refractivity contribution in [1.29, 1.82) is 0 Å². The molecule has 22 aromatic rings. The third kappa shape index (κ3) is 5.11. The van der Waals surface area contributed by atoms with Gasteiger partial charge in [0.2, 0.25) is 45.6 Å². The molecular formula is C94H52N18+14. The first kappa shape index (κ1) is 54.5. The van der Waals surface area contributed by atoms with Crippen molar-refractivity contribution < 1.29 is 63.9 Å². The lowest BCUT2D eigenvalue weighted by atomic mass is 9.96. The molecule has 0 N–H and O–H groups in total. The van der Waals surface area contributed by atoms with E-state index >= 15 is 0 Å². The van der Waals surface area contributed by atoms with Crippen LogP contribution in [0.3, 0.4) is 0 Å². The predicted octanol–water partition coefficient (Wildman–Crippen LogP) is 8.63. The van der Waals surface area contributed by atoms with Crippen LogP contribution >= 0.6 is 0 Å². The molecule has 4 unspecified atom stereocenters. The smallest absolute Gasteiger partial charge is 0.255 e. The van der Waals surface area contributed by atoms with E-state index in [-0.39, 0.29) is 0 Å². The summed E-state index contributed by atoms with van der Waals surface area (Å²) in [5.74, 6) is -3.80. The monoisotopic (exact) mass is 1430 g/mol. The molecule has 0 saturated heterocycles. The molecule has 0 bridgehead atoms. The highest BCUT2D eigenvalue weighted by molar-refractivity contribution is 6.08. The summed E-state index contributed by atoms with van der Waals surface area (Å²) < 4.78 is 36.7.